The molecule has 1 saturated carbocycles. The third-order valence-corrected chi connectivity index (χ3v) is 4.27. The molecule has 5 nitrogen and oxygen atoms in total. The Morgan fingerprint density at radius 2 is 2.00 bits per heavy atom. The van der Waals surface area contributed by atoms with Crippen LogP contribution in [0.1, 0.15) is 31.2 Å². The van der Waals surface area contributed by atoms with Crippen LogP contribution in [0.2, 0.25) is 5.02 Å². The summed E-state index contributed by atoms with van der Waals surface area (Å²) < 4.78 is 0. The van der Waals surface area contributed by atoms with E-state index in [1.807, 2.05) is 0 Å². The number of amides is 2. The van der Waals surface area contributed by atoms with Crippen LogP contribution in [0, 0.1) is 12.8 Å². The fourth-order valence-electron chi connectivity index (χ4n) is 2.68. The van der Waals surface area contributed by atoms with E-state index in [4.69, 9.17) is 11.6 Å². The van der Waals surface area contributed by atoms with Crippen molar-refractivity contribution in [2.75, 3.05) is 11.9 Å². The summed E-state index contributed by atoms with van der Waals surface area (Å²) in [5.74, 6) is -1.37. The zero-order chi connectivity index (χ0) is 16.1. The van der Waals surface area contributed by atoms with Crippen molar-refractivity contribution < 1.29 is 14.7 Å². The van der Waals surface area contributed by atoms with Gasteiger partial charge in [-0.25, -0.2) is 0 Å². The highest BCUT2D eigenvalue weighted by Crippen LogP contribution is 2.23. The van der Waals surface area contributed by atoms with Crippen LogP contribution in [0.3, 0.4) is 0 Å². The van der Waals surface area contributed by atoms with Crippen LogP contribution in [0.5, 0.6) is 0 Å². The molecule has 1 aromatic carbocycles. The number of aliphatic hydroxyl groups excluding tert-OH is 1. The van der Waals surface area contributed by atoms with E-state index in [0.717, 1.165) is 31.2 Å². The first-order valence-corrected chi connectivity index (χ1v) is 7.88. The van der Waals surface area contributed by atoms with Crippen molar-refractivity contribution in [1.29, 1.82) is 0 Å². The lowest BCUT2D eigenvalue weighted by atomic mass is 9.86. The van der Waals surface area contributed by atoms with Gasteiger partial charge in [0.25, 0.3) is 0 Å². The molecule has 1 aliphatic carbocycles. The summed E-state index contributed by atoms with van der Waals surface area (Å²) in [6, 6.07) is 5.03. The van der Waals surface area contributed by atoms with Gasteiger partial charge in [0.2, 0.25) is 0 Å². The number of hydrogen-bond acceptors (Lipinski definition) is 3. The molecule has 1 fully saturated rings. The predicted octanol–water partition coefficient (Wildman–Crippen LogP) is 2.25. The van der Waals surface area contributed by atoms with E-state index < -0.39 is 17.9 Å². The maximum absolute atomic E-state index is 11.9. The Morgan fingerprint density at radius 3 is 2.68 bits per heavy atom. The van der Waals surface area contributed by atoms with Gasteiger partial charge in [0.1, 0.15) is 0 Å². The van der Waals surface area contributed by atoms with Crippen molar-refractivity contribution in [3.63, 3.8) is 0 Å². The Morgan fingerprint density at radius 1 is 1.27 bits per heavy atom. The first kappa shape index (κ1) is 16.8. The van der Waals surface area contributed by atoms with E-state index >= 15 is 0 Å². The number of aryl methyl sites for hydroxylation is 1. The summed E-state index contributed by atoms with van der Waals surface area (Å²) in [5, 5.41) is 15.6. The molecule has 0 bridgehead atoms. The zero-order valence-corrected chi connectivity index (χ0v) is 13.3. The highest BCUT2D eigenvalue weighted by molar-refractivity contribution is 6.39. The molecule has 22 heavy (non-hydrogen) atoms. The number of carbonyl (C=O) groups excluding carboxylic acids is 2. The van der Waals surface area contributed by atoms with Crippen molar-refractivity contribution in [3.05, 3.63) is 28.8 Å². The normalized spacial score (nSPS) is 21.2. The fourth-order valence-corrected chi connectivity index (χ4v) is 2.90. The Labute approximate surface area is 135 Å². The average Bonchev–Trinajstić information content (AvgIpc) is 2.49. The maximum atomic E-state index is 11.9. The van der Waals surface area contributed by atoms with Crippen molar-refractivity contribution in [2.45, 2.75) is 38.7 Å². The fraction of sp³-hybridized carbons (Fsp3) is 0.500. The molecular formula is C16H21ClN2O3. The van der Waals surface area contributed by atoms with Crippen LogP contribution in [-0.4, -0.2) is 29.6 Å². The lowest BCUT2D eigenvalue weighted by Gasteiger charge is -2.27. The van der Waals surface area contributed by atoms with Crippen molar-refractivity contribution in [1.82, 2.24) is 5.32 Å². The molecule has 2 atom stereocenters. The van der Waals surface area contributed by atoms with Gasteiger partial charge in [-0.3, -0.25) is 9.59 Å². The van der Waals surface area contributed by atoms with Crippen LogP contribution in [0.25, 0.3) is 0 Å². The van der Waals surface area contributed by atoms with E-state index in [-0.39, 0.29) is 5.92 Å². The standard InChI is InChI=1S/C16H21ClN2O3/c1-10-8-12(17)6-7-13(10)19-16(22)15(21)18-9-11-4-2-3-5-14(11)20/h6-8,11,14,20H,2-5,9H2,1H3,(H,18,21)(H,19,22)/t11-,14+/m1/s1. The molecule has 1 aliphatic rings. The minimum Gasteiger partial charge on any atom is -0.393 e. The summed E-state index contributed by atoms with van der Waals surface area (Å²) in [5.41, 5.74) is 1.35. The van der Waals surface area contributed by atoms with Crippen LogP contribution in [0.4, 0.5) is 5.69 Å². The number of carbonyl (C=O) groups is 2. The van der Waals surface area contributed by atoms with Crippen molar-refractivity contribution in [3.8, 4) is 0 Å². The molecule has 3 N–H and O–H groups in total. The smallest absolute Gasteiger partial charge is 0.313 e. The third kappa shape index (κ3) is 4.45. The Kier molecular flexibility index (Phi) is 5.80. The minimum absolute atomic E-state index is 0.0303. The molecule has 0 unspecified atom stereocenters. The predicted molar refractivity (Wildman–Crippen MR) is 85.8 cm³/mol. The molecule has 120 valence electrons. The molecule has 6 heteroatoms. The van der Waals surface area contributed by atoms with Gasteiger partial charge in [-0.1, -0.05) is 24.4 Å². The molecule has 0 saturated heterocycles. The van der Waals surface area contributed by atoms with E-state index in [9.17, 15) is 14.7 Å². The average molecular weight is 325 g/mol. The Hall–Kier alpha value is -1.59. The number of nitrogens with one attached hydrogen (secondary N) is 2. The first-order valence-electron chi connectivity index (χ1n) is 7.51. The first-order chi connectivity index (χ1) is 10.5. The van der Waals surface area contributed by atoms with E-state index in [2.05, 4.69) is 10.6 Å². The number of rotatable bonds is 3. The lowest BCUT2D eigenvalue weighted by molar-refractivity contribution is -0.136. The molecule has 0 radical (unpaired) electrons. The number of hydrogen-bond donors (Lipinski definition) is 3. The van der Waals surface area contributed by atoms with Gasteiger partial charge in [0, 0.05) is 23.2 Å². The SMILES string of the molecule is Cc1cc(Cl)ccc1NC(=O)C(=O)NC[C@H]1CCCC[C@@H]1O. The zero-order valence-electron chi connectivity index (χ0n) is 12.6. The van der Waals surface area contributed by atoms with E-state index in [1.54, 1.807) is 25.1 Å². The van der Waals surface area contributed by atoms with Gasteiger partial charge in [0.15, 0.2) is 0 Å². The summed E-state index contributed by atoms with van der Waals surface area (Å²) >= 11 is 5.85. The van der Waals surface area contributed by atoms with E-state index in [1.165, 1.54) is 0 Å². The molecule has 1 aromatic rings. The molecule has 2 amide bonds. The highest BCUT2D eigenvalue weighted by atomic mass is 35.5. The summed E-state index contributed by atoms with van der Waals surface area (Å²) in [6.07, 6.45) is 3.31. The monoisotopic (exact) mass is 324 g/mol. The second-order valence-corrected chi connectivity index (χ2v) is 6.17. The summed E-state index contributed by atoms with van der Waals surface area (Å²) in [7, 11) is 0. The molecule has 0 heterocycles. The number of benzene rings is 1. The largest absolute Gasteiger partial charge is 0.393 e. The number of aliphatic hydroxyl groups is 1. The second-order valence-electron chi connectivity index (χ2n) is 5.74. The Balaban J connectivity index is 1.85. The summed E-state index contributed by atoms with van der Waals surface area (Å²) in [6.45, 7) is 2.13. The minimum atomic E-state index is -0.712. The van der Waals surface area contributed by atoms with E-state index in [0.29, 0.717) is 17.3 Å². The van der Waals surface area contributed by atoms with Crippen LogP contribution < -0.4 is 10.6 Å². The van der Waals surface area contributed by atoms with Gasteiger partial charge >= 0.3 is 11.8 Å². The summed E-state index contributed by atoms with van der Waals surface area (Å²) in [4.78, 5) is 23.7. The lowest BCUT2D eigenvalue weighted by Crippen LogP contribution is -2.41. The molecule has 0 spiro atoms. The van der Waals surface area contributed by atoms with Gasteiger partial charge in [-0.15, -0.1) is 0 Å². The molecule has 0 aromatic heterocycles. The van der Waals surface area contributed by atoms with Gasteiger partial charge in [-0.05, 0) is 43.5 Å². The second kappa shape index (κ2) is 7.61. The quantitative estimate of drug-likeness (QED) is 0.746. The van der Waals surface area contributed by atoms with Crippen molar-refractivity contribution >= 4 is 29.1 Å². The van der Waals surface area contributed by atoms with Crippen LogP contribution in [0.15, 0.2) is 18.2 Å². The van der Waals surface area contributed by atoms with Crippen LogP contribution in [-0.2, 0) is 9.59 Å². The highest BCUT2D eigenvalue weighted by Gasteiger charge is 2.24. The topological polar surface area (TPSA) is 78.4 Å². The van der Waals surface area contributed by atoms with Gasteiger partial charge in [-0.2, -0.15) is 0 Å². The maximum Gasteiger partial charge on any atom is 0.313 e. The third-order valence-electron chi connectivity index (χ3n) is 4.04. The molecule has 0 aliphatic heterocycles. The molecule has 2 rings (SSSR count). The van der Waals surface area contributed by atoms with Gasteiger partial charge in [0.05, 0.1) is 6.10 Å². The van der Waals surface area contributed by atoms with Crippen LogP contribution >= 0.6 is 11.6 Å². The van der Waals surface area contributed by atoms with Crippen molar-refractivity contribution in [2.24, 2.45) is 5.92 Å². The number of anilines is 1. The van der Waals surface area contributed by atoms with Gasteiger partial charge < -0.3 is 15.7 Å². The number of halogens is 1. The Bertz CT molecular complexity index is 562. The molecular weight excluding hydrogens is 304 g/mol.